The summed E-state index contributed by atoms with van der Waals surface area (Å²) < 4.78 is 0. The molecule has 0 bridgehead atoms. The van der Waals surface area contributed by atoms with E-state index in [1.54, 1.807) is 6.33 Å². The number of hydrogen-bond donors (Lipinski definition) is 2. The van der Waals surface area contributed by atoms with Crippen molar-refractivity contribution in [2.45, 2.75) is 42.0 Å². The second-order valence-electron chi connectivity index (χ2n) is 6.66. The van der Waals surface area contributed by atoms with Gasteiger partial charge < -0.3 is 11.1 Å². The maximum atomic E-state index is 6.35. The van der Waals surface area contributed by atoms with E-state index in [2.05, 4.69) is 38.5 Å². The Balaban J connectivity index is 1.49. The van der Waals surface area contributed by atoms with E-state index < -0.39 is 0 Å². The number of nitrogens with one attached hydrogen (secondary N) is 1. The van der Waals surface area contributed by atoms with Gasteiger partial charge in [-0.25, -0.2) is 9.97 Å². The summed E-state index contributed by atoms with van der Waals surface area (Å²) in [7, 11) is 0. The standard InChI is InChI=1S/C21H23N5S/c22-18-20(24-13-11-15-6-2-1-3-7-15)25-14-26-21(18)27-17-10-4-8-16-9-5-12-23-19(16)17/h4-6,8-10,12,14H,1-3,7,11,13,22H2,(H,24,25,26). The van der Waals surface area contributed by atoms with Gasteiger partial charge >= 0.3 is 0 Å². The lowest BCUT2D eigenvalue weighted by Crippen LogP contribution is -2.09. The molecule has 1 aromatic carbocycles. The fourth-order valence-electron chi connectivity index (χ4n) is 3.34. The number of nitrogens with zero attached hydrogens (tertiary/aromatic N) is 3. The van der Waals surface area contributed by atoms with E-state index in [0.29, 0.717) is 11.5 Å². The maximum Gasteiger partial charge on any atom is 0.153 e. The highest BCUT2D eigenvalue weighted by molar-refractivity contribution is 7.99. The number of para-hydroxylation sites is 1. The summed E-state index contributed by atoms with van der Waals surface area (Å²) in [5.74, 6) is 0.706. The average Bonchev–Trinajstić information content (AvgIpc) is 2.72. The van der Waals surface area contributed by atoms with Crippen LogP contribution in [0, 0.1) is 0 Å². The minimum absolute atomic E-state index is 0.591. The van der Waals surface area contributed by atoms with Crippen LogP contribution in [-0.4, -0.2) is 21.5 Å². The molecule has 0 saturated carbocycles. The second-order valence-corrected chi connectivity index (χ2v) is 7.69. The van der Waals surface area contributed by atoms with Crippen LogP contribution in [0.5, 0.6) is 0 Å². The van der Waals surface area contributed by atoms with Gasteiger partial charge in [-0.3, -0.25) is 4.98 Å². The molecule has 1 aliphatic rings. The first-order chi connectivity index (χ1) is 13.3. The smallest absolute Gasteiger partial charge is 0.153 e. The van der Waals surface area contributed by atoms with Crippen LogP contribution < -0.4 is 11.1 Å². The van der Waals surface area contributed by atoms with Crippen molar-refractivity contribution in [3.8, 4) is 0 Å². The summed E-state index contributed by atoms with van der Waals surface area (Å²) in [6, 6.07) is 10.1. The molecule has 0 radical (unpaired) electrons. The minimum atomic E-state index is 0.591. The van der Waals surface area contributed by atoms with Gasteiger partial charge in [0.1, 0.15) is 17.0 Å². The lowest BCUT2D eigenvalue weighted by Gasteiger charge is -2.14. The van der Waals surface area contributed by atoms with E-state index in [1.165, 1.54) is 43.0 Å². The first-order valence-corrected chi connectivity index (χ1v) is 10.2. The van der Waals surface area contributed by atoms with E-state index in [4.69, 9.17) is 5.73 Å². The number of nitrogen functional groups attached to an aromatic ring is 1. The van der Waals surface area contributed by atoms with Gasteiger partial charge in [0.25, 0.3) is 0 Å². The third kappa shape index (κ3) is 4.22. The van der Waals surface area contributed by atoms with Crippen molar-refractivity contribution in [2.24, 2.45) is 0 Å². The molecule has 1 aliphatic carbocycles. The second kappa shape index (κ2) is 8.39. The monoisotopic (exact) mass is 377 g/mol. The summed E-state index contributed by atoms with van der Waals surface area (Å²) in [5, 5.41) is 5.24. The normalized spacial score (nSPS) is 14.1. The Bertz CT molecular complexity index is 964. The number of benzene rings is 1. The SMILES string of the molecule is Nc1c(NCCC2=CCCCC2)ncnc1Sc1cccc2cccnc12. The van der Waals surface area contributed by atoms with Crippen molar-refractivity contribution in [3.05, 3.63) is 54.5 Å². The van der Waals surface area contributed by atoms with E-state index in [0.717, 1.165) is 33.8 Å². The largest absolute Gasteiger partial charge is 0.394 e. The zero-order valence-corrected chi connectivity index (χ0v) is 16.0. The molecule has 138 valence electrons. The van der Waals surface area contributed by atoms with E-state index >= 15 is 0 Å². The molecule has 2 aromatic heterocycles. The molecule has 0 atom stereocenters. The van der Waals surface area contributed by atoms with Crippen molar-refractivity contribution < 1.29 is 0 Å². The fourth-order valence-corrected chi connectivity index (χ4v) is 4.27. The highest BCUT2D eigenvalue weighted by Crippen LogP contribution is 2.36. The molecule has 0 spiro atoms. The average molecular weight is 378 g/mol. The maximum absolute atomic E-state index is 6.35. The number of hydrogen-bond acceptors (Lipinski definition) is 6. The molecular formula is C21H23N5S. The van der Waals surface area contributed by atoms with Crippen molar-refractivity contribution in [2.75, 3.05) is 17.6 Å². The number of allylic oxidation sites excluding steroid dienone is 1. The molecule has 0 amide bonds. The van der Waals surface area contributed by atoms with Crippen LogP contribution in [0.25, 0.3) is 10.9 Å². The van der Waals surface area contributed by atoms with Gasteiger partial charge in [0, 0.05) is 23.0 Å². The summed E-state index contributed by atoms with van der Waals surface area (Å²) in [6.07, 6.45) is 11.9. The number of anilines is 2. The summed E-state index contributed by atoms with van der Waals surface area (Å²) in [4.78, 5) is 14.3. The van der Waals surface area contributed by atoms with Crippen LogP contribution in [0.15, 0.2) is 64.4 Å². The number of pyridine rings is 1. The summed E-state index contributed by atoms with van der Waals surface area (Å²) in [6.45, 7) is 0.840. The van der Waals surface area contributed by atoms with Crippen molar-refractivity contribution in [1.82, 2.24) is 15.0 Å². The molecule has 0 unspecified atom stereocenters. The Hall–Kier alpha value is -2.60. The van der Waals surface area contributed by atoms with Gasteiger partial charge in [0.2, 0.25) is 0 Å². The van der Waals surface area contributed by atoms with Gasteiger partial charge in [-0.05, 0) is 44.2 Å². The zero-order valence-electron chi connectivity index (χ0n) is 15.2. The molecular weight excluding hydrogens is 354 g/mol. The Morgan fingerprint density at radius 3 is 2.89 bits per heavy atom. The Kier molecular flexibility index (Phi) is 5.53. The molecule has 27 heavy (non-hydrogen) atoms. The molecule has 4 rings (SSSR count). The summed E-state index contributed by atoms with van der Waals surface area (Å²) >= 11 is 1.53. The molecule has 6 heteroatoms. The highest BCUT2D eigenvalue weighted by Gasteiger charge is 2.12. The number of fused-ring (bicyclic) bond motifs is 1. The molecule has 3 aromatic rings. The lowest BCUT2D eigenvalue weighted by atomic mass is 9.97. The molecule has 0 fully saturated rings. The predicted octanol–water partition coefficient (Wildman–Crippen LogP) is 5.06. The van der Waals surface area contributed by atoms with Gasteiger partial charge in [-0.1, -0.05) is 41.6 Å². The highest BCUT2D eigenvalue weighted by atomic mass is 32.2. The first-order valence-electron chi connectivity index (χ1n) is 9.35. The van der Waals surface area contributed by atoms with Crippen LogP contribution in [0.1, 0.15) is 32.1 Å². The Morgan fingerprint density at radius 1 is 1.07 bits per heavy atom. The van der Waals surface area contributed by atoms with Gasteiger partial charge in [-0.15, -0.1) is 0 Å². The third-order valence-electron chi connectivity index (χ3n) is 4.77. The van der Waals surface area contributed by atoms with Crippen LogP contribution in [-0.2, 0) is 0 Å². The van der Waals surface area contributed by atoms with Crippen LogP contribution in [0.2, 0.25) is 0 Å². The summed E-state index contributed by atoms with van der Waals surface area (Å²) in [5.41, 5.74) is 9.44. The zero-order chi connectivity index (χ0) is 18.5. The quantitative estimate of drug-likeness (QED) is 0.462. The van der Waals surface area contributed by atoms with Gasteiger partial charge in [0.05, 0.1) is 5.52 Å². The first kappa shape index (κ1) is 17.8. The number of aromatic nitrogens is 3. The van der Waals surface area contributed by atoms with Crippen molar-refractivity contribution in [3.63, 3.8) is 0 Å². The van der Waals surface area contributed by atoms with E-state index in [9.17, 15) is 0 Å². The Morgan fingerprint density at radius 2 is 2.00 bits per heavy atom. The predicted molar refractivity (Wildman–Crippen MR) is 112 cm³/mol. The Labute approximate surface area is 163 Å². The number of nitrogens with two attached hydrogens (primary N) is 1. The topological polar surface area (TPSA) is 76.7 Å². The van der Waals surface area contributed by atoms with Crippen LogP contribution >= 0.6 is 11.8 Å². The van der Waals surface area contributed by atoms with Gasteiger partial charge in [-0.2, -0.15) is 0 Å². The van der Waals surface area contributed by atoms with Crippen molar-refractivity contribution in [1.29, 1.82) is 0 Å². The molecule has 2 heterocycles. The lowest BCUT2D eigenvalue weighted by molar-refractivity contribution is 0.679. The van der Waals surface area contributed by atoms with Crippen LogP contribution in [0.3, 0.4) is 0 Å². The molecule has 0 saturated heterocycles. The van der Waals surface area contributed by atoms with Crippen molar-refractivity contribution >= 4 is 34.2 Å². The van der Waals surface area contributed by atoms with Crippen LogP contribution in [0.4, 0.5) is 11.5 Å². The fraction of sp³-hybridized carbons (Fsp3) is 0.286. The molecule has 0 aliphatic heterocycles. The number of rotatable bonds is 6. The van der Waals surface area contributed by atoms with Gasteiger partial charge in [0.15, 0.2) is 5.82 Å². The molecule has 5 nitrogen and oxygen atoms in total. The van der Waals surface area contributed by atoms with E-state index in [1.807, 2.05) is 24.4 Å². The third-order valence-corrected chi connectivity index (χ3v) is 5.84. The minimum Gasteiger partial charge on any atom is -0.394 e. The molecule has 3 N–H and O–H groups in total. The van der Waals surface area contributed by atoms with E-state index in [-0.39, 0.29) is 0 Å².